The van der Waals surface area contributed by atoms with E-state index in [0.717, 1.165) is 35.8 Å². The molecule has 0 amide bonds. The van der Waals surface area contributed by atoms with Crippen LogP contribution in [-0.4, -0.2) is 6.10 Å². The van der Waals surface area contributed by atoms with Crippen molar-refractivity contribution in [3.05, 3.63) is 118 Å². The standard InChI is InChI=1S/C36H37ClO3/c1-5-27(22-26-11-16-31(17-12-26)40-35-9-7-6-8-34(35)37)36(28-13-14-28)33-23-32(15-10-25(33)4)39-30-20-18-29(19-21-30)38-24(2)3/h6-12,15-21,23-24,28H,5,13-14,22H2,1-4H3. The summed E-state index contributed by atoms with van der Waals surface area (Å²) in [6.45, 7) is 8.52. The number of ether oxygens (including phenoxy) is 3. The van der Waals surface area contributed by atoms with Gasteiger partial charge >= 0.3 is 0 Å². The van der Waals surface area contributed by atoms with Gasteiger partial charge in [-0.1, -0.05) is 54.4 Å². The number of halogens is 1. The second kappa shape index (κ2) is 12.7. The minimum Gasteiger partial charge on any atom is -0.491 e. The monoisotopic (exact) mass is 552 g/mol. The molecule has 1 fully saturated rings. The number of hydrogen-bond donors (Lipinski definition) is 0. The van der Waals surface area contributed by atoms with Crippen LogP contribution in [0.2, 0.25) is 5.02 Å². The Labute approximate surface area is 243 Å². The van der Waals surface area contributed by atoms with Crippen molar-refractivity contribution >= 4 is 17.2 Å². The van der Waals surface area contributed by atoms with Crippen molar-refractivity contribution in [2.75, 3.05) is 0 Å². The maximum Gasteiger partial charge on any atom is 0.146 e. The minimum absolute atomic E-state index is 0.145. The zero-order valence-corrected chi connectivity index (χ0v) is 24.5. The van der Waals surface area contributed by atoms with E-state index in [2.05, 4.69) is 44.2 Å². The Hall–Kier alpha value is -3.69. The molecule has 0 aromatic heterocycles. The number of para-hydroxylation sites is 1. The van der Waals surface area contributed by atoms with Crippen LogP contribution in [0.1, 0.15) is 56.7 Å². The lowest BCUT2D eigenvalue weighted by atomic mass is 9.88. The van der Waals surface area contributed by atoms with E-state index in [4.69, 9.17) is 25.8 Å². The smallest absolute Gasteiger partial charge is 0.146 e. The van der Waals surface area contributed by atoms with Gasteiger partial charge in [0, 0.05) is 0 Å². The summed E-state index contributed by atoms with van der Waals surface area (Å²) in [5, 5.41) is 0.607. The van der Waals surface area contributed by atoms with E-state index < -0.39 is 0 Å². The van der Waals surface area contributed by atoms with Crippen molar-refractivity contribution < 1.29 is 14.2 Å². The average Bonchev–Trinajstić information content (AvgIpc) is 3.78. The first-order valence-electron chi connectivity index (χ1n) is 14.2. The molecule has 4 aromatic carbocycles. The van der Waals surface area contributed by atoms with Gasteiger partial charge in [-0.3, -0.25) is 0 Å². The van der Waals surface area contributed by atoms with Gasteiger partial charge in [0.2, 0.25) is 0 Å². The summed E-state index contributed by atoms with van der Waals surface area (Å²) in [5.74, 6) is 4.57. The SMILES string of the molecule is CCC(Cc1ccc(Oc2ccccc2Cl)cc1)=C(c1cc(Oc2ccc(OC(C)C)cc2)ccc1C)C1CC1. The summed E-state index contributed by atoms with van der Waals surface area (Å²) in [4.78, 5) is 0. The molecule has 206 valence electrons. The number of allylic oxidation sites excluding steroid dienone is 2. The van der Waals surface area contributed by atoms with Gasteiger partial charge in [0.05, 0.1) is 11.1 Å². The maximum atomic E-state index is 6.28. The fraction of sp³-hybridized carbons (Fsp3) is 0.278. The molecule has 0 bridgehead atoms. The Balaban J connectivity index is 1.37. The highest BCUT2D eigenvalue weighted by atomic mass is 35.5. The molecule has 0 unspecified atom stereocenters. The minimum atomic E-state index is 0.145. The molecule has 4 heteroatoms. The Morgan fingerprint density at radius 2 is 1.43 bits per heavy atom. The van der Waals surface area contributed by atoms with E-state index in [1.807, 2.05) is 74.5 Å². The average molecular weight is 553 g/mol. The fourth-order valence-electron chi connectivity index (χ4n) is 5.01. The zero-order chi connectivity index (χ0) is 28.1. The van der Waals surface area contributed by atoms with Gasteiger partial charge in [-0.15, -0.1) is 0 Å². The van der Waals surface area contributed by atoms with Crippen LogP contribution in [-0.2, 0) is 6.42 Å². The van der Waals surface area contributed by atoms with Crippen molar-refractivity contribution in [1.29, 1.82) is 0 Å². The van der Waals surface area contributed by atoms with Crippen LogP contribution in [0.4, 0.5) is 0 Å². The van der Waals surface area contributed by atoms with Gasteiger partial charge in [0.15, 0.2) is 0 Å². The van der Waals surface area contributed by atoms with Crippen molar-refractivity contribution in [3.8, 4) is 28.7 Å². The molecule has 0 atom stereocenters. The molecule has 4 aromatic rings. The van der Waals surface area contributed by atoms with Crippen LogP contribution in [0, 0.1) is 12.8 Å². The molecule has 0 radical (unpaired) electrons. The molecule has 40 heavy (non-hydrogen) atoms. The van der Waals surface area contributed by atoms with Crippen LogP contribution >= 0.6 is 11.6 Å². The predicted molar refractivity (Wildman–Crippen MR) is 165 cm³/mol. The maximum absolute atomic E-state index is 6.28. The molecule has 3 nitrogen and oxygen atoms in total. The first-order valence-corrected chi connectivity index (χ1v) is 14.6. The number of aryl methyl sites for hydroxylation is 1. The Morgan fingerprint density at radius 3 is 2.08 bits per heavy atom. The topological polar surface area (TPSA) is 27.7 Å². The Morgan fingerprint density at radius 1 is 0.800 bits per heavy atom. The van der Waals surface area contributed by atoms with E-state index in [9.17, 15) is 0 Å². The zero-order valence-electron chi connectivity index (χ0n) is 23.7. The molecule has 1 aliphatic carbocycles. The van der Waals surface area contributed by atoms with E-state index in [-0.39, 0.29) is 6.10 Å². The van der Waals surface area contributed by atoms with Crippen molar-refractivity contribution in [3.63, 3.8) is 0 Å². The highest BCUT2D eigenvalue weighted by Gasteiger charge is 2.30. The molecule has 0 aliphatic heterocycles. The van der Waals surface area contributed by atoms with Crippen LogP contribution in [0.25, 0.3) is 5.57 Å². The van der Waals surface area contributed by atoms with Crippen molar-refractivity contribution in [1.82, 2.24) is 0 Å². The van der Waals surface area contributed by atoms with Crippen LogP contribution in [0.3, 0.4) is 0 Å². The molecule has 0 heterocycles. The van der Waals surface area contributed by atoms with Gasteiger partial charge in [0.1, 0.15) is 28.7 Å². The highest BCUT2D eigenvalue weighted by Crippen LogP contribution is 2.46. The molecule has 1 saturated carbocycles. The van der Waals surface area contributed by atoms with E-state index in [1.165, 1.54) is 40.7 Å². The van der Waals surface area contributed by atoms with Gasteiger partial charge in [0.25, 0.3) is 0 Å². The third kappa shape index (κ3) is 7.08. The van der Waals surface area contributed by atoms with E-state index in [1.54, 1.807) is 0 Å². The largest absolute Gasteiger partial charge is 0.491 e. The molecule has 1 aliphatic rings. The van der Waals surface area contributed by atoms with Crippen molar-refractivity contribution in [2.24, 2.45) is 5.92 Å². The lowest BCUT2D eigenvalue weighted by Gasteiger charge is -2.18. The summed E-state index contributed by atoms with van der Waals surface area (Å²) < 4.78 is 18.1. The first-order chi connectivity index (χ1) is 19.4. The number of hydrogen-bond acceptors (Lipinski definition) is 3. The van der Waals surface area contributed by atoms with E-state index >= 15 is 0 Å². The van der Waals surface area contributed by atoms with Crippen molar-refractivity contribution in [2.45, 2.75) is 59.5 Å². The lowest BCUT2D eigenvalue weighted by Crippen LogP contribution is -2.05. The van der Waals surface area contributed by atoms with Crippen LogP contribution in [0.5, 0.6) is 28.7 Å². The van der Waals surface area contributed by atoms with E-state index in [0.29, 0.717) is 16.7 Å². The Kier molecular flexibility index (Phi) is 8.81. The summed E-state index contributed by atoms with van der Waals surface area (Å²) in [5.41, 5.74) is 6.83. The number of rotatable bonds is 11. The van der Waals surface area contributed by atoms with Crippen LogP contribution < -0.4 is 14.2 Å². The van der Waals surface area contributed by atoms with Gasteiger partial charge in [-0.05, 0) is 135 Å². The number of benzene rings is 4. The van der Waals surface area contributed by atoms with Gasteiger partial charge < -0.3 is 14.2 Å². The molecule has 0 saturated heterocycles. The lowest BCUT2D eigenvalue weighted by molar-refractivity contribution is 0.242. The molecular formula is C36H37ClO3. The third-order valence-corrected chi connectivity index (χ3v) is 7.44. The first kappa shape index (κ1) is 27.9. The highest BCUT2D eigenvalue weighted by molar-refractivity contribution is 6.32. The Bertz CT molecular complexity index is 1470. The molecular weight excluding hydrogens is 516 g/mol. The summed E-state index contributed by atoms with van der Waals surface area (Å²) in [7, 11) is 0. The summed E-state index contributed by atoms with van der Waals surface area (Å²) in [6.07, 6.45) is 4.55. The second-order valence-electron chi connectivity index (χ2n) is 10.7. The fourth-order valence-corrected chi connectivity index (χ4v) is 5.18. The summed E-state index contributed by atoms with van der Waals surface area (Å²) >= 11 is 6.27. The predicted octanol–water partition coefficient (Wildman–Crippen LogP) is 10.8. The van der Waals surface area contributed by atoms with Gasteiger partial charge in [-0.25, -0.2) is 0 Å². The second-order valence-corrected chi connectivity index (χ2v) is 11.1. The molecule has 0 spiro atoms. The normalized spacial score (nSPS) is 13.7. The van der Waals surface area contributed by atoms with Crippen LogP contribution in [0.15, 0.2) is 96.6 Å². The molecule has 0 N–H and O–H groups in total. The summed E-state index contributed by atoms with van der Waals surface area (Å²) in [6, 6.07) is 30.2. The third-order valence-electron chi connectivity index (χ3n) is 7.13. The molecule has 5 rings (SSSR count). The quantitative estimate of drug-likeness (QED) is 0.185. The van der Waals surface area contributed by atoms with Gasteiger partial charge in [-0.2, -0.15) is 0 Å².